The third-order valence-electron chi connectivity index (χ3n) is 3.34. The monoisotopic (exact) mass is 264 g/mol. The van der Waals surface area contributed by atoms with E-state index < -0.39 is 8.07 Å². The van der Waals surface area contributed by atoms with E-state index in [2.05, 4.69) is 44.8 Å². The minimum atomic E-state index is -1.37. The Bertz CT molecular complexity index is 403. The van der Waals surface area contributed by atoms with Crippen molar-refractivity contribution in [3.8, 4) is 5.75 Å². The molecule has 1 unspecified atom stereocenters. The highest BCUT2D eigenvalue weighted by molar-refractivity contribution is 6.89. The third kappa shape index (κ3) is 3.36. The quantitative estimate of drug-likeness (QED) is 0.779. The van der Waals surface area contributed by atoms with Crippen LogP contribution >= 0.6 is 0 Å². The molecule has 0 aromatic heterocycles. The summed E-state index contributed by atoms with van der Waals surface area (Å²) < 4.78 is 11.8. The highest BCUT2D eigenvalue weighted by atomic mass is 28.3. The van der Waals surface area contributed by atoms with Crippen molar-refractivity contribution in [3.05, 3.63) is 23.8 Å². The van der Waals surface area contributed by atoms with E-state index in [0.29, 0.717) is 0 Å². The molecule has 0 spiro atoms. The molecule has 2 rings (SSSR count). The molecular weight excluding hydrogens is 240 g/mol. The molecule has 1 atom stereocenters. The lowest BCUT2D eigenvalue weighted by Gasteiger charge is -2.27. The van der Waals surface area contributed by atoms with Crippen molar-refractivity contribution in [2.24, 2.45) is 0 Å². The van der Waals surface area contributed by atoms with Gasteiger partial charge in [0.15, 0.2) is 6.29 Å². The van der Waals surface area contributed by atoms with Crippen LogP contribution in [0.1, 0.15) is 24.8 Å². The fourth-order valence-corrected chi connectivity index (χ4v) is 3.75. The molecule has 1 aliphatic rings. The zero-order chi connectivity index (χ0) is 13.2. The number of hydrogen-bond donors (Lipinski definition) is 0. The van der Waals surface area contributed by atoms with Gasteiger partial charge in [0, 0.05) is 6.42 Å². The summed E-state index contributed by atoms with van der Waals surface area (Å²) in [5.74, 6) is 1.04. The van der Waals surface area contributed by atoms with Crippen LogP contribution in [0.15, 0.2) is 18.2 Å². The van der Waals surface area contributed by atoms with Crippen LogP contribution < -0.4 is 9.92 Å². The SMILES string of the molecule is Cc1ccc([Si](C)(C)C)c(OC2CCCCO2)c1. The molecule has 3 heteroatoms. The topological polar surface area (TPSA) is 18.5 Å². The molecule has 0 aliphatic carbocycles. The maximum atomic E-state index is 6.11. The Morgan fingerprint density at radius 1 is 1.22 bits per heavy atom. The van der Waals surface area contributed by atoms with Gasteiger partial charge in [0.2, 0.25) is 0 Å². The first-order chi connectivity index (χ1) is 8.47. The summed E-state index contributed by atoms with van der Waals surface area (Å²) in [7, 11) is -1.37. The Hall–Kier alpha value is -0.803. The molecule has 1 aromatic rings. The van der Waals surface area contributed by atoms with Gasteiger partial charge in [-0.3, -0.25) is 0 Å². The molecule has 0 bridgehead atoms. The third-order valence-corrected chi connectivity index (χ3v) is 5.37. The summed E-state index contributed by atoms with van der Waals surface area (Å²) in [6, 6.07) is 6.58. The molecule has 0 radical (unpaired) electrons. The van der Waals surface area contributed by atoms with Crippen molar-refractivity contribution in [1.82, 2.24) is 0 Å². The van der Waals surface area contributed by atoms with Gasteiger partial charge in [0.25, 0.3) is 0 Å². The molecule has 1 saturated heterocycles. The van der Waals surface area contributed by atoms with Crippen LogP contribution in [0.2, 0.25) is 19.6 Å². The van der Waals surface area contributed by atoms with E-state index in [1.54, 1.807) is 0 Å². The summed E-state index contributed by atoms with van der Waals surface area (Å²) >= 11 is 0. The zero-order valence-electron chi connectivity index (χ0n) is 12.0. The van der Waals surface area contributed by atoms with Crippen molar-refractivity contribution in [3.63, 3.8) is 0 Å². The minimum Gasteiger partial charge on any atom is -0.465 e. The molecule has 1 aliphatic heterocycles. The number of aryl methyl sites for hydroxylation is 1. The highest BCUT2D eigenvalue weighted by Crippen LogP contribution is 2.21. The summed E-state index contributed by atoms with van der Waals surface area (Å²) in [6.07, 6.45) is 3.34. The van der Waals surface area contributed by atoms with Gasteiger partial charge in [-0.05, 0) is 36.6 Å². The summed E-state index contributed by atoms with van der Waals surface area (Å²) in [4.78, 5) is 0. The Balaban J connectivity index is 2.21. The van der Waals surface area contributed by atoms with E-state index in [9.17, 15) is 0 Å². The van der Waals surface area contributed by atoms with E-state index >= 15 is 0 Å². The molecule has 0 saturated carbocycles. The summed E-state index contributed by atoms with van der Waals surface area (Å²) in [6.45, 7) is 10.0. The Morgan fingerprint density at radius 2 is 2.00 bits per heavy atom. The van der Waals surface area contributed by atoms with Crippen LogP contribution in [-0.2, 0) is 4.74 Å². The largest absolute Gasteiger partial charge is 0.465 e. The first-order valence-electron chi connectivity index (χ1n) is 6.86. The van der Waals surface area contributed by atoms with Crippen molar-refractivity contribution in [1.29, 1.82) is 0 Å². The van der Waals surface area contributed by atoms with E-state index in [-0.39, 0.29) is 6.29 Å². The second-order valence-electron chi connectivity index (χ2n) is 6.16. The zero-order valence-corrected chi connectivity index (χ0v) is 13.0. The molecule has 100 valence electrons. The van der Waals surface area contributed by atoms with Crippen molar-refractivity contribution in [2.75, 3.05) is 6.61 Å². The van der Waals surface area contributed by atoms with Gasteiger partial charge in [0.05, 0.1) is 14.7 Å². The second-order valence-corrected chi connectivity index (χ2v) is 11.2. The summed E-state index contributed by atoms with van der Waals surface area (Å²) in [5, 5.41) is 1.39. The maximum absolute atomic E-state index is 6.11. The average molecular weight is 264 g/mol. The molecule has 0 N–H and O–H groups in total. The first kappa shape index (κ1) is 13.6. The van der Waals surface area contributed by atoms with Gasteiger partial charge in [-0.15, -0.1) is 0 Å². The standard InChI is InChI=1S/C15H24O2Si/c1-12-8-9-14(18(2,3)4)13(11-12)17-15-7-5-6-10-16-15/h8-9,11,15H,5-7,10H2,1-4H3. The van der Waals surface area contributed by atoms with Gasteiger partial charge in [-0.25, -0.2) is 0 Å². The van der Waals surface area contributed by atoms with E-state index in [4.69, 9.17) is 9.47 Å². The molecular formula is C15H24O2Si. The number of rotatable bonds is 3. The van der Waals surface area contributed by atoms with Crippen LogP contribution in [0.4, 0.5) is 0 Å². The lowest BCUT2D eigenvalue weighted by atomic mass is 10.2. The number of benzene rings is 1. The van der Waals surface area contributed by atoms with Crippen molar-refractivity contribution >= 4 is 13.3 Å². The normalized spacial score (nSPS) is 20.8. The molecule has 0 amide bonds. The van der Waals surface area contributed by atoms with Crippen LogP contribution in [0.25, 0.3) is 0 Å². The molecule has 1 fully saturated rings. The van der Waals surface area contributed by atoms with Gasteiger partial charge in [-0.2, -0.15) is 0 Å². The lowest BCUT2D eigenvalue weighted by molar-refractivity contribution is -0.105. The van der Waals surface area contributed by atoms with Gasteiger partial charge in [0.1, 0.15) is 5.75 Å². The van der Waals surface area contributed by atoms with Crippen molar-refractivity contribution in [2.45, 2.75) is 52.1 Å². The van der Waals surface area contributed by atoms with E-state index in [1.807, 2.05) is 0 Å². The van der Waals surface area contributed by atoms with E-state index in [1.165, 1.54) is 17.2 Å². The van der Waals surface area contributed by atoms with E-state index in [0.717, 1.165) is 25.2 Å². The minimum absolute atomic E-state index is 0.0457. The van der Waals surface area contributed by atoms with Gasteiger partial charge < -0.3 is 9.47 Å². The number of ether oxygens (including phenoxy) is 2. The summed E-state index contributed by atoms with van der Waals surface area (Å²) in [5.41, 5.74) is 1.25. The van der Waals surface area contributed by atoms with Crippen LogP contribution in [0.3, 0.4) is 0 Å². The van der Waals surface area contributed by atoms with Crippen LogP contribution in [-0.4, -0.2) is 21.0 Å². The first-order valence-corrected chi connectivity index (χ1v) is 10.4. The highest BCUT2D eigenvalue weighted by Gasteiger charge is 2.24. The average Bonchev–Trinajstić information content (AvgIpc) is 2.28. The Kier molecular flexibility index (Phi) is 4.13. The molecule has 18 heavy (non-hydrogen) atoms. The predicted molar refractivity (Wildman–Crippen MR) is 78.4 cm³/mol. The molecule has 1 heterocycles. The maximum Gasteiger partial charge on any atom is 0.199 e. The Morgan fingerprint density at radius 3 is 2.61 bits per heavy atom. The molecule has 2 nitrogen and oxygen atoms in total. The Labute approximate surface area is 111 Å². The number of hydrogen-bond acceptors (Lipinski definition) is 2. The smallest absolute Gasteiger partial charge is 0.199 e. The second kappa shape index (κ2) is 5.45. The predicted octanol–water partition coefficient (Wildman–Crippen LogP) is 3.45. The van der Waals surface area contributed by atoms with Gasteiger partial charge in [-0.1, -0.05) is 31.8 Å². The van der Waals surface area contributed by atoms with Crippen molar-refractivity contribution < 1.29 is 9.47 Å². The lowest BCUT2D eigenvalue weighted by Crippen LogP contribution is -2.40. The van der Waals surface area contributed by atoms with Crippen LogP contribution in [0.5, 0.6) is 5.75 Å². The fourth-order valence-electron chi connectivity index (χ4n) is 2.29. The molecule has 1 aromatic carbocycles. The van der Waals surface area contributed by atoms with Crippen LogP contribution in [0, 0.1) is 6.92 Å². The van der Waals surface area contributed by atoms with Gasteiger partial charge >= 0.3 is 0 Å². The fraction of sp³-hybridized carbons (Fsp3) is 0.600.